The van der Waals surface area contributed by atoms with Crippen LogP contribution in [0.15, 0.2) is 72.8 Å². The molecule has 0 atom stereocenters. The largest absolute Gasteiger partial charge is 0.197 e. The number of allylic oxidation sites excluding steroid dienone is 2. The van der Waals surface area contributed by atoms with Crippen LogP contribution in [0.5, 0.6) is 0 Å². The van der Waals surface area contributed by atoms with Crippen molar-refractivity contribution in [2.45, 2.75) is 13.8 Å². The molecular weight excluding hydrogens is 248 g/mol. The molecule has 100 valence electrons. The second-order valence-electron chi connectivity index (χ2n) is 3.82. The number of benzene rings is 2. The summed E-state index contributed by atoms with van der Waals surface area (Å²) in [7, 11) is 0. The van der Waals surface area contributed by atoms with E-state index in [9.17, 15) is 0 Å². The Labute approximate surface area is 123 Å². The fourth-order valence-electron chi connectivity index (χ4n) is 1.51. The molecule has 2 rings (SSSR count). The van der Waals surface area contributed by atoms with Gasteiger partial charge in [-0.2, -0.15) is 13.5 Å². The Morgan fingerprint density at radius 2 is 0.895 bits per heavy atom. The third-order valence-corrected chi connectivity index (χ3v) is 2.32. The normalized spacial score (nSPS) is 9.79. The molecule has 19 heavy (non-hydrogen) atoms. The molecule has 0 unspecified atom stereocenters. The molecular formula is C18H22S. The Morgan fingerprint density at radius 1 is 0.579 bits per heavy atom. The lowest BCUT2D eigenvalue weighted by molar-refractivity contribution is 1.64. The van der Waals surface area contributed by atoms with Gasteiger partial charge in [0.2, 0.25) is 0 Å². The zero-order valence-electron chi connectivity index (χ0n) is 11.6. The standard InChI is InChI=1S/2C9H10.H2S/c2*1-2-6-9-7-4-3-5-8-9;/h2*2-8H,1H3;1H2. The van der Waals surface area contributed by atoms with Crippen molar-refractivity contribution in [3.05, 3.63) is 83.9 Å². The maximum Gasteiger partial charge on any atom is -0.0260 e. The molecule has 0 saturated carbocycles. The van der Waals surface area contributed by atoms with Gasteiger partial charge in [0.15, 0.2) is 0 Å². The van der Waals surface area contributed by atoms with E-state index in [1.807, 2.05) is 62.4 Å². The van der Waals surface area contributed by atoms with Crippen LogP contribution in [0.2, 0.25) is 0 Å². The average Bonchev–Trinajstić information content (AvgIpc) is 2.43. The van der Waals surface area contributed by atoms with E-state index in [0.29, 0.717) is 0 Å². The first-order valence-corrected chi connectivity index (χ1v) is 6.22. The zero-order valence-corrected chi connectivity index (χ0v) is 12.6. The summed E-state index contributed by atoms with van der Waals surface area (Å²) in [6, 6.07) is 20.5. The minimum atomic E-state index is 0. The van der Waals surface area contributed by atoms with Crippen LogP contribution in [0, 0.1) is 0 Å². The van der Waals surface area contributed by atoms with E-state index >= 15 is 0 Å². The van der Waals surface area contributed by atoms with Crippen molar-refractivity contribution in [2.24, 2.45) is 0 Å². The molecule has 0 saturated heterocycles. The molecule has 0 aliphatic heterocycles. The topological polar surface area (TPSA) is 0 Å². The van der Waals surface area contributed by atoms with Crippen molar-refractivity contribution < 1.29 is 0 Å². The molecule has 0 nitrogen and oxygen atoms in total. The second-order valence-corrected chi connectivity index (χ2v) is 3.82. The quantitative estimate of drug-likeness (QED) is 0.671. The average molecular weight is 270 g/mol. The van der Waals surface area contributed by atoms with Crippen molar-refractivity contribution in [2.75, 3.05) is 0 Å². The number of rotatable bonds is 2. The van der Waals surface area contributed by atoms with E-state index in [1.54, 1.807) is 0 Å². The Balaban J connectivity index is 0.000000324. The van der Waals surface area contributed by atoms with E-state index in [0.717, 1.165) is 0 Å². The van der Waals surface area contributed by atoms with Crippen LogP contribution in [0.25, 0.3) is 12.2 Å². The predicted octanol–water partition coefficient (Wildman–Crippen LogP) is 5.55. The summed E-state index contributed by atoms with van der Waals surface area (Å²) in [6.45, 7) is 4.04. The third-order valence-electron chi connectivity index (χ3n) is 2.32. The SMILES string of the molecule is CC=Cc1ccccc1.CC=Cc1ccccc1.S. The Morgan fingerprint density at radius 3 is 1.16 bits per heavy atom. The van der Waals surface area contributed by atoms with Crippen molar-refractivity contribution >= 4 is 25.6 Å². The highest BCUT2D eigenvalue weighted by molar-refractivity contribution is 7.59. The minimum absolute atomic E-state index is 0. The smallest absolute Gasteiger partial charge is 0.0260 e. The maximum atomic E-state index is 2.08. The van der Waals surface area contributed by atoms with Gasteiger partial charge in [-0.3, -0.25) is 0 Å². The lowest BCUT2D eigenvalue weighted by Gasteiger charge is -1.86. The van der Waals surface area contributed by atoms with Gasteiger partial charge in [-0.25, -0.2) is 0 Å². The molecule has 0 aliphatic carbocycles. The first kappa shape index (κ1) is 17.3. The van der Waals surface area contributed by atoms with Crippen LogP contribution in [0.1, 0.15) is 25.0 Å². The van der Waals surface area contributed by atoms with E-state index in [4.69, 9.17) is 0 Å². The van der Waals surface area contributed by atoms with Crippen LogP contribution in [-0.2, 0) is 0 Å². The van der Waals surface area contributed by atoms with E-state index in [1.165, 1.54) is 11.1 Å². The van der Waals surface area contributed by atoms with Gasteiger partial charge in [0.25, 0.3) is 0 Å². The molecule has 0 heterocycles. The van der Waals surface area contributed by atoms with Gasteiger partial charge in [0, 0.05) is 0 Å². The molecule has 0 spiro atoms. The molecule has 0 aromatic heterocycles. The van der Waals surface area contributed by atoms with Gasteiger partial charge in [-0.05, 0) is 25.0 Å². The first-order valence-electron chi connectivity index (χ1n) is 6.22. The lowest BCUT2D eigenvalue weighted by atomic mass is 10.2. The maximum absolute atomic E-state index is 2.08. The van der Waals surface area contributed by atoms with Crippen LogP contribution in [-0.4, -0.2) is 0 Å². The summed E-state index contributed by atoms with van der Waals surface area (Å²) in [5, 5.41) is 0. The van der Waals surface area contributed by atoms with Gasteiger partial charge < -0.3 is 0 Å². The van der Waals surface area contributed by atoms with Crippen LogP contribution < -0.4 is 0 Å². The van der Waals surface area contributed by atoms with Gasteiger partial charge in [-0.1, -0.05) is 85.0 Å². The Kier molecular flexibility index (Phi) is 10.3. The lowest BCUT2D eigenvalue weighted by Crippen LogP contribution is -1.65. The van der Waals surface area contributed by atoms with Crippen molar-refractivity contribution in [3.63, 3.8) is 0 Å². The highest BCUT2D eigenvalue weighted by Crippen LogP contribution is 2.00. The van der Waals surface area contributed by atoms with Gasteiger partial charge in [-0.15, -0.1) is 0 Å². The molecule has 0 amide bonds. The fourth-order valence-corrected chi connectivity index (χ4v) is 1.51. The van der Waals surface area contributed by atoms with Crippen LogP contribution >= 0.6 is 13.5 Å². The molecule has 0 fully saturated rings. The Bertz CT molecular complexity index is 422. The van der Waals surface area contributed by atoms with E-state index in [2.05, 4.69) is 36.4 Å². The summed E-state index contributed by atoms with van der Waals surface area (Å²) < 4.78 is 0. The molecule has 2 aromatic rings. The van der Waals surface area contributed by atoms with E-state index < -0.39 is 0 Å². The summed E-state index contributed by atoms with van der Waals surface area (Å²) in [6.07, 6.45) is 8.24. The summed E-state index contributed by atoms with van der Waals surface area (Å²) >= 11 is 0. The van der Waals surface area contributed by atoms with Crippen molar-refractivity contribution in [1.29, 1.82) is 0 Å². The predicted molar refractivity (Wildman–Crippen MR) is 92.7 cm³/mol. The molecule has 0 N–H and O–H groups in total. The van der Waals surface area contributed by atoms with Crippen molar-refractivity contribution in [3.8, 4) is 0 Å². The summed E-state index contributed by atoms with van der Waals surface area (Å²) in [5.74, 6) is 0. The second kappa shape index (κ2) is 11.4. The van der Waals surface area contributed by atoms with Gasteiger partial charge >= 0.3 is 0 Å². The van der Waals surface area contributed by atoms with Crippen molar-refractivity contribution in [1.82, 2.24) is 0 Å². The monoisotopic (exact) mass is 270 g/mol. The minimum Gasteiger partial charge on any atom is -0.197 e. The molecule has 2 aromatic carbocycles. The van der Waals surface area contributed by atoms with Gasteiger partial charge in [0.05, 0.1) is 0 Å². The molecule has 0 bridgehead atoms. The van der Waals surface area contributed by atoms with Gasteiger partial charge in [0.1, 0.15) is 0 Å². The molecule has 0 radical (unpaired) electrons. The van der Waals surface area contributed by atoms with Crippen LogP contribution in [0.3, 0.4) is 0 Å². The summed E-state index contributed by atoms with van der Waals surface area (Å²) in [4.78, 5) is 0. The highest BCUT2D eigenvalue weighted by Gasteiger charge is 1.78. The first-order chi connectivity index (χ1) is 8.86. The fraction of sp³-hybridized carbons (Fsp3) is 0.111. The number of hydrogen-bond donors (Lipinski definition) is 0. The third kappa shape index (κ3) is 8.06. The number of hydrogen-bond acceptors (Lipinski definition) is 0. The van der Waals surface area contributed by atoms with E-state index in [-0.39, 0.29) is 13.5 Å². The molecule has 1 heteroatoms. The Hall–Kier alpha value is -1.73. The zero-order chi connectivity index (χ0) is 13.1. The summed E-state index contributed by atoms with van der Waals surface area (Å²) in [5.41, 5.74) is 2.53. The molecule has 0 aliphatic rings. The highest BCUT2D eigenvalue weighted by atomic mass is 32.1. The van der Waals surface area contributed by atoms with Crippen LogP contribution in [0.4, 0.5) is 0 Å².